The fourth-order valence-electron chi connectivity index (χ4n) is 1.93. The van der Waals surface area contributed by atoms with Crippen molar-refractivity contribution in [3.63, 3.8) is 0 Å². The summed E-state index contributed by atoms with van der Waals surface area (Å²) < 4.78 is 4.91. The Morgan fingerprint density at radius 3 is 2.84 bits per heavy atom. The molecule has 0 unspecified atom stereocenters. The van der Waals surface area contributed by atoms with Crippen molar-refractivity contribution in [3.8, 4) is 0 Å². The lowest BCUT2D eigenvalue weighted by Gasteiger charge is -2.14. The summed E-state index contributed by atoms with van der Waals surface area (Å²) >= 11 is 1.13. The Kier molecular flexibility index (Phi) is 3.99. The minimum absolute atomic E-state index is 0.0250. The van der Waals surface area contributed by atoms with Gasteiger partial charge in [0, 0.05) is 25.9 Å². The molecule has 0 amide bonds. The minimum Gasteiger partial charge on any atom is -0.461 e. The van der Waals surface area contributed by atoms with Crippen molar-refractivity contribution >= 4 is 23.1 Å². The summed E-state index contributed by atoms with van der Waals surface area (Å²) in [6, 6.07) is 0. The van der Waals surface area contributed by atoms with Gasteiger partial charge in [-0.2, -0.15) is 0 Å². The van der Waals surface area contributed by atoms with Crippen LogP contribution in [0, 0.1) is 0 Å². The van der Waals surface area contributed by atoms with Crippen molar-refractivity contribution in [1.82, 2.24) is 9.88 Å². The van der Waals surface area contributed by atoms with E-state index in [-0.39, 0.29) is 10.8 Å². The topological polar surface area (TPSA) is 59.5 Å². The molecule has 0 aromatic carbocycles. The maximum atomic E-state index is 12.3. The number of ether oxygens (including phenoxy) is 1. The van der Waals surface area contributed by atoms with Gasteiger partial charge in [-0.05, 0) is 19.8 Å². The number of aryl methyl sites for hydroxylation is 1. The third-order valence-corrected chi connectivity index (χ3v) is 3.77. The van der Waals surface area contributed by atoms with E-state index in [1.54, 1.807) is 6.92 Å². The predicted octanol–water partition coefficient (Wildman–Crippen LogP) is 1.89. The van der Waals surface area contributed by atoms with E-state index in [2.05, 4.69) is 4.98 Å². The standard InChI is InChI=1S/C13H16N2O3S/c1-4-18-13(17)12-14-9-6-5-8(7-15(2)3)10(16)11(9)19-12/h7H,4-6H2,1-3H3/b8-7-. The lowest BCUT2D eigenvalue weighted by molar-refractivity contribution is 0.0525. The highest BCUT2D eigenvalue weighted by atomic mass is 32.1. The van der Waals surface area contributed by atoms with Crippen molar-refractivity contribution in [2.45, 2.75) is 19.8 Å². The molecule has 0 fully saturated rings. The van der Waals surface area contributed by atoms with E-state index in [4.69, 9.17) is 4.74 Å². The van der Waals surface area contributed by atoms with Crippen LogP contribution in [0.3, 0.4) is 0 Å². The molecule has 1 aliphatic rings. The molecule has 2 rings (SSSR count). The fourth-order valence-corrected chi connectivity index (χ4v) is 2.91. The predicted molar refractivity (Wildman–Crippen MR) is 72.5 cm³/mol. The molecule has 0 aliphatic heterocycles. The maximum absolute atomic E-state index is 12.3. The first-order chi connectivity index (χ1) is 9.02. The number of carbonyl (C=O) groups is 2. The van der Waals surface area contributed by atoms with Crippen LogP contribution in [0.25, 0.3) is 0 Å². The molecule has 1 heterocycles. The van der Waals surface area contributed by atoms with Gasteiger partial charge >= 0.3 is 5.97 Å². The lowest BCUT2D eigenvalue weighted by atomic mass is 9.96. The highest BCUT2D eigenvalue weighted by Crippen LogP contribution is 2.30. The number of allylic oxidation sites excluding steroid dienone is 1. The van der Waals surface area contributed by atoms with Crippen molar-refractivity contribution in [3.05, 3.63) is 27.4 Å². The van der Waals surface area contributed by atoms with E-state index in [9.17, 15) is 9.59 Å². The number of thiazole rings is 1. The molecule has 0 radical (unpaired) electrons. The van der Waals surface area contributed by atoms with E-state index in [1.807, 2.05) is 25.2 Å². The zero-order valence-electron chi connectivity index (χ0n) is 11.2. The molecule has 5 nitrogen and oxygen atoms in total. The van der Waals surface area contributed by atoms with Crippen molar-refractivity contribution in [2.75, 3.05) is 20.7 Å². The number of carbonyl (C=O) groups excluding carboxylic acids is 2. The molecule has 19 heavy (non-hydrogen) atoms. The van der Waals surface area contributed by atoms with Gasteiger partial charge in [-0.1, -0.05) is 0 Å². The molecule has 6 heteroatoms. The van der Waals surface area contributed by atoms with E-state index in [1.165, 1.54) is 0 Å². The van der Waals surface area contributed by atoms with Crippen molar-refractivity contribution in [2.24, 2.45) is 0 Å². The number of nitrogens with zero attached hydrogens (tertiary/aromatic N) is 2. The number of ketones is 1. The Morgan fingerprint density at radius 2 is 2.21 bits per heavy atom. The van der Waals surface area contributed by atoms with Gasteiger partial charge in [0.15, 0.2) is 0 Å². The van der Waals surface area contributed by atoms with Crippen LogP contribution in [0.5, 0.6) is 0 Å². The largest absolute Gasteiger partial charge is 0.461 e. The van der Waals surface area contributed by atoms with E-state index < -0.39 is 5.97 Å². The summed E-state index contributed by atoms with van der Waals surface area (Å²) in [7, 11) is 3.76. The van der Waals surface area contributed by atoms with E-state index in [0.717, 1.165) is 16.9 Å². The normalized spacial score (nSPS) is 16.4. The summed E-state index contributed by atoms with van der Waals surface area (Å²) in [5.74, 6) is -0.476. The average Bonchev–Trinajstić information content (AvgIpc) is 2.77. The molecule has 1 aliphatic carbocycles. The summed E-state index contributed by atoms with van der Waals surface area (Å²) in [5.41, 5.74) is 1.48. The van der Waals surface area contributed by atoms with Gasteiger partial charge in [0.1, 0.15) is 0 Å². The molecule has 0 N–H and O–H groups in total. The smallest absolute Gasteiger partial charge is 0.367 e. The molecular formula is C13H16N2O3S. The number of Topliss-reactive ketones (excluding diaryl/α,β-unsaturated/α-hetero) is 1. The van der Waals surface area contributed by atoms with Gasteiger partial charge in [-0.25, -0.2) is 9.78 Å². The number of fused-ring (bicyclic) bond motifs is 1. The molecular weight excluding hydrogens is 264 g/mol. The van der Waals surface area contributed by atoms with Crippen LogP contribution in [-0.2, 0) is 11.2 Å². The number of esters is 1. The maximum Gasteiger partial charge on any atom is 0.367 e. The van der Waals surface area contributed by atoms with Gasteiger partial charge < -0.3 is 9.64 Å². The molecule has 102 valence electrons. The third-order valence-electron chi connectivity index (χ3n) is 2.69. The lowest BCUT2D eigenvalue weighted by Crippen LogP contribution is -2.15. The van der Waals surface area contributed by atoms with Crippen molar-refractivity contribution < 1.29 is 14.3 Å². The zero-order chi connectivity index (χ0) is 14.0. The third kappa shape index (κ3) is 2.84. The SMILES string of the molecule is CCOC(=O)c1nc2c(s1)C(=O)/C(=C\N(C)C)CC2. The van der Waals surface area contributed by atoms with Gasteiger partial charge in [0.25, 0.3) is 0 Å². The summed E-state index contributed by atoms with van der Waals surface area (Å²) in [6.07, 6.45) is 3.18. The van der Waals surface area contributed by atoms with E-state index in [0.29, 0.717) is 30.0 Å². The first-order valence-corrected chi connectivity index (χ1v) is 6.93. The molecule has 0 saturated carbocycles. The Bertz CT molecular complexity index is 546. The fraction of sp³-hybridized carbons (Fsp3) is 0.462. The molecule has 0 spiro atoms. The van der Waals surface area contributed by atoms with E-state index >= 15 is 0 Å². The summed E-state index contributed by atoms with van der Waals surface area (Å²) in [5, 5.41) is 0.270. The number of rotatable bonds is 3. The van der Waals surface area contributed by atoms with Crippen LogP contribution in [0.15, 0.2) is 11.8 Å². The summed E-state index contributed by atoms with van der Waals surface area (Å²) in [6.45, 7) is 2.05. The van der Waals surface area contributed by atoms with Crippen LogP contribution >= 0.6 is 11.3 Å². The van der Waals surface area contributed by atoms with Crippen molar-refractivity contribution in [1.29, 1.82) is 0 Å². The first-order valence-electron chi connectivity index (χ1n) is 6.11. The van der Waals surface area contributed by atoms with Crippen LogP contribution in [0.2, 0.25) is 0 Å². The van der Waals surface area contributed by atoms with Gasteiger partial charge in [-0.3, -0.25) is 4.79 Å². The number of hydrogen-bond donors (Lipinski definition) is 0. The Morgan fingerprint density at radius 1 is 1.47 bits per heavy atom. The second kappa shape index (κ2) is 5.52. The summed E-state index contributed by atoms with van der Waals surface area (Å²) in [4.78, 5) is 30.5. The molecule has 1 aromatic heterocycles. The zero-order valence-corrected chi connectivity index (χ0v) is 12.0. The van der Waals surface area contributed by atoms with Crippen LogP contribution in [0.1, 0.15) is 38.5 Å². The quantitative estimate of drug-likeness (QED) is 0.625. The molecule has 0 saturated heterocycles. The van der Waals surface area contributed by atoms with Gasteiger partial charge in [0.05, 0.1) is 17.2 Å². The monoisotopic (exact) mass is 280 g/mol. The van der Waals surface area contributed by atoms with Crippen LogP contribution in [0.4, 0.5) is 0 Å². The number of hydrogen-bond acceptors (Lipinski definition) is 6. The highest BCUT2D eigenvalue weighted by molar-refractivity contribution is 7.15. The molecule has 0 bridgehead atoms. The van der Waals surface area contributed by atoms with Gasteiger partial charge in [-0.15, -0.1) is 11.3 Å². The number of aromatic nitrogens is 1. The molecule has 1 aromatic rings. The van der Waals surface area contributed by atoms with Crippen LogP contribution in [-0.4, -0.2) is 42.3 Å². The minimum atomic E-state index is -0.451. The highest BCUT2D eigenvalue weighted by Gasteiger charge is 2.28. The second-order valence-corrected chi connectivity index (χ2v) is 5.46. The Labute approximate surface area is 115 Å². The Hall–Kier alpha value is -1.69. The first kappa shape index (κ1) is 13.7. The van der Waals surface area contributed by atoms with Crippen LogP contribution < -0.4 is 0 Å². The average molecular weight is 280 g/mol. The Balaban J connectivity index is 2.30. The van der Waals surface area contributed by atoms with Gasteiger partial charge in [0.2, 0.25) is 10.8 Å². The second-order valence-electron chi connectivity index (χ2n) is 4.46. The molecule has 0 atom stereocenters.